The van der Waals surface area contributed by atoms with Crippen molar-refractivity contribution in [3.8, 4) is 6.07 Å². The van der Waals surface area contributed by atoms with Crippen LogP contribution in [0, 0.1) is 17.2 Å². The standard InChI is InChI=1S/C19H24N6/c1-21-19(22-11-16-5-3-15(10-20)4-6-16)25-8-7-17(14-25)9-18-12-23-24(2)13-18/h3-6,12-13,17H,7-9,11,14H2,1-2H3,(H,21,22). The predicted octanol–water partition coefficient (Wildman–Crippen LogP) is 1.93. The van der Waals surface area contributed by atoms with Gasteiger partial charge in [-0.3, -0.25) is 9.67 Å². The molecule has 0 saturated carbocycles. The van der Waals surface area contributed by atoms with Gasteiger partial charge in [0.25, 0.3) is 0 Å². The second kappa shape index (κ2) is 7.84. The summed E-state index contributed by atoms with van der Waals surface area (Å²) in [4.78, 5) is 6.75. The van der Waals surface area contributed by atoms with E-state index in [0.717, 1.165) is 31.0 Å². The molecule has 1 saturated heterocycles. The van der Waals surface area contributed by atoms with Crippen LogP contribution in [-0.2, 0) is 20.0 Å². The zero-order chi connectivity index (χ0) is 17.6. The lowest BCUT2D eigenvalue weighted by molar-refractivity contribution is 0.459. The maximum Gasteiger partial charge on any atom is 0.193 e. The van der Waals surface area contributed by atoms with Gasteiger partial charge in [-0.1, -0.05) is 12.1 Å². The molecular formula is C19H24N6. The Hall–Kier alpha value is -2.81. The number of aromatic nitrogens is 2. The molecular weight excluding hydrogens is 312 g/mol. The molecule has 0 radical (unpaired) electrons. The summed E-state index contributed by atoms with van der Waals surface area (Å²) in [6.45, 7) is 2.75. The molecule has 1 aromatic carbocycles. The molecule has 1 unspecified atom stereocenters. The summed E-state index contributed by atoms with van der Waals surface area (Å²) >= 11 is 0. The van der Waals surface area contributed by atoms with E-state index in [0.29, 0.717) is 18.0 Å². The zero-order valence-corrected chi connectivity index (χ0v) is 14.8. The lowest BCUT2D eigenvalue weighted by atomic mass is 10.0. The van der Waals surface area contributed by atoms with E-state index in [1.165, 1.54) is 12.0 Å². The van der Waals surface area contributed by atoms with E-state index in [9.17, 15) is 0 Å². The summed E-state index contributed by atoms with van der Waals surface area (Å²) in [5.41, 5.74) is 3.13. The van der Waals surface area contributed by atoms with Crippen molar-refractivity contribution in [2.75, 3.05) is 20.1 Å². The van der Waals surface area contributed by atoms with Crippen LogP contribution in [-0.4, -0.2) is 40.8 Å². The van der Waals surface area contributed by atoms with Crippen LogP contribution in [0.4, 0.5) is 0 Å². The molecule has 130 valence electrons. The van der Waals surface area contributed by atoms with E-state index in [1.54, 1.807) is 0 Å². The Balaban J connectivity index is 1.52. The van der Waals surface area contributed by atoms with Gasteiger partial charge in [0, 0.05) is 39.9 Å². The molecule has 0 spiro atoms. The number of nitriles is 1. The second-order valence-electron chi connectivity index (χ2n) is 6.54. The van der Waals surface area contributed by atoms with Crippen molar-refractivity contribution >= 4 is 5.96 Å². The van der Waals surface area contributed by atoms with Crippen LogP contribution < -0.4 is 5.32 Å². The van der Waals surface area contributed by atoms with Crippen molar-refractivity contribution in [1.29, 1.82) is 5.26 Å². The number of nitrogens with zero attached hydrogens (tertiary/aromatic N) is 5. The molecule has 25 heavy (non-hydrogen) atoms. The number of guanidine groups is 1. The Morgan fingerprint density at radius 3 is 2.80 bits per heavy atom. The first-order valence-corrected chi connectivity index (χ1v) is 8.60. The number of aliphatic imine (C=N–C) groups is 1. The molecule has 1 N–H and O–H groups in total. The van der Waals surface area contributed by atoms with Gasteiger partial charge in [0.15, 0.2) is 5.96 Å². The Bertz CT molecular complexity index is 768. The van der Waals surface area contributed by atoms with Crippen LogP contribution in [0.5, 0.6) is 0 Å². The van der Waals surface area contributed by atoms with Crippen LogP contribution in [0.25, 0.3) is 0 Å². The average Bonchev–Trinajstić information content (AvgIpc) is 3.25. The van der Waals surface area contributed by atoms with E-state index in [1.807, 2.05) is 49.2 Å². The molecule has 0 aliphatic carbocycles. The summed E-state index contributed by atoms with van der Waals surface area (Å²) in [6.07, 6.45) is 6.30. The molecule has 0 amide bonds. The third kappa shape index (κ3) is 4.38. The zero-order valence-electron chi connectivity index (χ0n) is 14.8. The number of aryl methyl sites for hydroxylation is 1. The van der Waals surface area contributed by atoms with Crippen molar-refractivity contribution in [3.05, 3.63) is 53.3 Å². The molecule has 1 atom stereocenters. The largest absolute Gasteiger partial charge is 0.352 e. The Morgan fingerprint density at radius 1 is 1.36 bits per heavy atom. The molecule has 2 heterocycles. The Kier molecular flexibility index (Phi) is 5.34. The first-order valence-electron chi connectivity index (χ1n) is 8.60. The summed E-state index contributed by atoms with van der Waals surface area (Å²) in [7, 11) is 3.79. The van der Waals surface area contributed by atoms with Crippen molar-refractivity contribution in [2.24, 2.45) is 18.0 Å². The van der Waals surface area contributed by atoms with Gasteiger partial charge in [-0.15, -0.1) is 0 Å². The molecule has 6 heteroatoms. The summed E-state index contributed by atoms with van der Waals surface area (Å²) in [6, 6.07) is 9.80. The molecule has 2 aromatic rings. The van der Waals surface area contributed by atoms with Gasteiger partial charge in [-0.2, -0.15) is 10.4 Å². The molecule has 0 bridgehead atoms. The van der Waals surface area contributed by atoms with E-state index < -0.39 is 0 Å². The van der Waals surface area contributed by atoms with Crippen molar-refractivity contribution in [1.82, 2.24) is 20.0 Å². The highest BCUT2D eigenvalue weighted by molar-refractivity contribution is 5.80. The number of hydrogen-bond donors (Lipinski definition) is 1. The summed E-state index contributed by atoms with van der Waals surface area (Å²) < 4.78 is 1.86. The van der Waals surface area contributed by atoms with E-state index >= 15 is 0 Å². The van der Waals surface area contributed by atoms with Crippen LogP contribution in [0.3, 0.4) is 0 Å². The van der Waals surface area contributed by atoms with Crippen molar-refractivity contribution in [3.63, 3.8) is 0 Å². The van der Waals surface area contributed by atoms with Crippen LogP contribution in [0.2, 0.25) is 0 Å². The molecule has 6 nitrogen and oxygen atoms in total. The maximum atomic E-state index is 8.86. The fourth-order valence-corrected chi connectivity index (χ4v) is 3.31. The third-order valence-electron chi connectivity index (χ3n) is 4.61. The number of likely N-dealkylation sites (tertiary alicyclic amines) is 1. The van der Waals surface area contributed by atoms with Gasteiger partial charge in [0.2, 0.25) is 0 Å². The van der Waals surface area contributed by atoms with Gasteiger partial charge in [-0.05, 0) is 42.0 Å². The maximum absolute atomic E-state index is 8.86. The molecule has 1 aliphatic rings. The highest BCUT2D eigenvalue weighted by atomic mass is 15.3. The average molecular weight is 336 g/mol. The highest BCUT2D eigenvalue weighted by Gasteiger charge is 2.25. The van der Waals surface area contributed by atoms with Crippen LogP contribution in [0.15, 0.2) is 41.7 Å². The monoisotopic (exact) mass is 336 g/mol. The number of rotatable bonds is 4. The van der Waals surface area contributed by atoms with Gasteiger partial charge in [0.05, 0.1) is 17.8 Å². The highest BCUT2D eigenvalue weighted by Crippen LogP contribution is 2.20. The SMILES string of the molecule is CN=C(NCc1ccc(C#N)cc1)N1CCC(Cc2cnn(C)c2)C1. The van der Waals surface area contributed by atoms with Gasteiger partial charge in [-0.25, -0.2) is 0 Å². The number of nitrogens with one attached hydrogen (secondary N) is 1. The predicted molar refractivity (Wildman–Crippen MR) is 97.9 cm³/mol. The van der Waals surface area contributed by atoms with Gasteiger partial charge in [0.1, 0.15) is 0 Å². The van der Waals surface area contributed by atoms with Crippen molar-refractivity contribution < 1.29 is 0 Å². The summed E-state index contributed by atoms with van der Waals surface area (Å²) in [5.74, 6) is 1.58. The fourth-order valence-electron chi connectivity index (χ4n) is 3.31. The minimum Gasteiger partial charge on any atom is -0.352 e. The van der Waals surface area contributed by atoms with Crippen LogP contribution >= 0.6 is 0 Å². The molecule has 1 fully saturated rings. The van der Waals surface area contributed by atoms with E-state index in [4.69, 9.17) is 5.26 Å². The van der Waals surface area contributed by atoms with Gasteiger partial charge >= 0.3 is 0 Å². The first kappa shape index (κ1) is 17.0. The summed E-state index contributed by atoms with van der Waals surface area (Å²) in [5, 5.41) is 16.5. The van der Waals surface area contributed by atoms with E-state index in [2.05, 4.69) is 32.6 Å². The second-order valence-corrected chi connectivity index (χ2v) is 6.54. The number of benzene rings is 1. The van der Waals surface area contributed by atoms with Crippen molar-refractivity contribution in [2.45, 2.75) is 19.4 Å². The lowest BCUT2D eigenvalue weighted by Crippen LogP contribution is -2.39. The first-order chi connectivity index (χ1) is 12.2. The Labute approximate surface area is 148 Å². The molecule has 3 rings (SSSR count). The molecule has 1 aromatic heterocycles. The normalized spacial score (nSPS) is 17.6. The third-order valence-corrected chi connectivity index (χ3v) is 4.61. The smallest absolute Gasteiger partial charge is 0.193 e. The molecule has 1 aliphatic heterocycles. The fraction of sp³-hybridized carbons (Fsp3) is 0.421. The minimum atomic E-state index is 0.637. The van der Waals surface area contributed by atoms with Crippen LogP contribution in [0.1, 0.15) is 23.1 Å². The number of hydrogen-bond acceptors (Lipinski definition) is 3. The minimum absolute atomic E-state index is 0.637. The topological polar surface area (TPSA) is 69.2 Å². The Morgan fingerprint density at radius 2 is 2.16 bits per heavy atom. The van der Waals surface area contributed by atoms with Gasteiger partial charge < -0.3 is 10.2 Å². The quantitative estimate of drug-likeness (QED) is 0.684. The lowest BCUT2D eigenvalue weighted by Gasteiger charge is -2.21. The van der Waals surface area contributed by atoms with E-state index in [-0.39, 0.29) is 0 Å².